The Balaban J connectivity index is 1.97. The molecule has 0 saturated carbocycles. The minimum Gasteiger partial charge on any atom is -0.381 e. The highest BCUT2D eigenvalue weighted by atomic mass is 16.5. The number of hydrogen-bond acceptors (Lipinski definition) is 4. The molecular formula is C10H12N4O2. The zero-order valence-electron chi connectivity index (χ0n) is 8.74. The van der Waals surface area contributed by atoms with Gasteiger partial charge in [0, 0.05) is 24.9 Å². The lowest BCUT2D eigenvalue weighted by molar-refractivity contribution is 0.181. The van der Waals surface area contributed by atoms with Gasteiger partial charge in [0.05, 0.1) is 19.3 Å². The lowest BCUT2D eigenvalue weighted by atomic mass is 10.1. The molecule has 1 unspecified atom stereocenters. The number of hydrogen-bond donors (Lipinski definition) is 0. The van der Waals surface area contributed by atoms with Gasteiger partial charge in [-0.25, -0.2) is 13.9 Å². The maximum atomic E-state index is 11.9. The summed E-state index contributed by atoms with van der Waals surface area (Å²) in [4.78, 5) is 15.8. The fourth-order valence-electron chi connectivity index (χ4n) is 1.97. The zero-order valence-corrected chi connectivity index (χ0v) is 8.74. The van der Waals surface area contributed by atoms with Crippen molar-refractivity contribution < 1.29 is 4.74 Å². The monoisotopic (exact) mass is 220 g/mol. The second kappa shape index (κ2) is 3.71. The molecule has 6 nitrogen and oxygen atoms in total. The van der Waals surface area contributed by atoms with Gasteiger partial charge in [0.1, 0.15) is 0 Å². The smallest absolute Gasteiger partial charge is 0.350 e. The van der Waals surface area contributed by atoms with E-state index in [-0.39, 0.29) is 5.69 Å². The van der Waals surface area contributed by atoms with Crippen LogP contribution in [0.25, 0.3) is 5.65 Å². The fraction of sp³-hybridized carbons (Fsp3) is 0.500. The molecule has 0 aliphatic carbocycles. The molecule has 0 aromatic carbocycles. The third-order valence-corrected chi connectivity index (χ3v) is 2.84. The third kappa shape index (κ3) is 1.51. The van der Waals surface area contributed by atoms with E-state index in [2.05, 4.69) is 10.1 Å². The zero-order chi connectivity index (χ0) is 11.0. The topological polar surface area (TPSA) is 61.4 Å². The van der Waals surface area contributed by atoms with Crippen molar-refractivity contribution in [1.29, 1.82) is 0 Å². The summed E-state index contributed by atoms with van der Waals surface area (Å²) >= 11 is 0. The minimum absolute atomic E-state index is 0.107. The van der Waals surface area contributed by atoms with Crippen LogP contribution in [0.1, 0.15) is 6.42 Å². The molecule has 84 valence electrons. The van der Waals surface area contributed by atoms with Crippen LogP contribution in [0.5, 0.6) is 0 Å². The van der Waals surface area contributed by atoms with Crippen LogP contribution in [-0.2, 0) is 11.3 Å². The van der Waals surface area contributed by atoms with E-state index in [1.165, 1.54) is 9.08 Å². The van der Waals surface area contributed by atoms with Crippen molar-refractivity contribution in [3.63, 3.8) is 0 Å². The van der Waals surface area contributed by atoms with Crippen LogP contribution in [0, 0.1) is 5.92 Å². The van der Waals surface area contributed by atoms with Crippen LogP contribution in [0.4, 0.5) is 0 Å². The van der Waals surface area contributed by atoms with E-state index in [4.69, 9.17) is 4.74 Å². The molecule has 1 saturated heterocycles. The van der Waals surface area contributed by atoms with E-state index in [1.807, 2.05) is 0 Å². The summed E-state index contributed by atoms with van der Waals surface area (Å²) in [5, 5.41) is 4.22. The molecule has 3 rings (SSSR count). The molecule has 0 bridgehead atoms. The molecule has 2 aromatic heterocycles. The number of fused-ring (bicyclic) bond motifs is 1. The van der Waals surface area contributed by atoms with Crippen molar-refractivity contribution in [3.05, 3.63) is 29.1 Å². The van der Waals surface area contributed by atoms with Gasteiger partial charge in [-0.1, -0.05) is 0 Å². The summed E-state index contributed by atoms with van der Waals surface area (Å²) in [5.74, 6) is 0.399. The van der Waals surface area contributed by atoms with Gasteiger partial charge in [0.15, 0.2) is 5.65 Å². The molecule has 0 N–H and O–H groups in total. The van der Waals surface area contributed by atoms with Crippen LogP contribution in [0.2, 0.25) is 0 Å². The molecule has 1 atom stereocenters. The van der Waals surface area contributed by atoms with Crippen molar-refractivity contribution in [3.8, 4) is 0 Å². The number of aromatic nitrogens is 4. The Labute approximate surface area is 91.5 Å². The SMILES string of the molecule is O=c1n(CC2CCOC2)nc2cnccn12. The third-order valence-electron chi connectivity index (χ3n) is 2.84. The van der Waals surface area contributed by atoms with Gasteiger partial charge in [0.25, 0.3) is 0 Å². The molecule has 0 amide bonds. The molecule has 0 spiro atoms. The Bertz CT molecular complexity index is 553. The van der Waals surface area contributed by atoms with E-state index in [1.54, 1.807) is 18.6 Å². The van der Waals surface area contributed by atoms with Crippen molar-refractivity contribution >= 4 is 5.65 Å². The first-order chi connectivity index (χ1) is 7.84. The van der Waals surface area contributed by atoms with Gasteiger partial charge >= 0.3 is 5.69 Å². The first-order valence-electron chi connectivity index (χ1n) is 5.31. The van der Waals surface area contributed by atoms with Crippen LogP contribution in [0.3, 0.4) is 0 Å². The van der Waals surface area contributed by atoms with Gasteiger partial charge in [-0.3, -0.25) is 4.98 Å². The van der Waals surface area contributed by atoms with Gasteiger partial charge in [-0.15, -0.1) is 5.10 Å². The van der Waals surface area contributed by atoms with E-state index in [9.17, 15) is 4.79 Å². The Hall–Kier alpha value is -1.69. The average Bonchev–Trinajstić information content (AvgIpc) is 2.90. The molecular weight excluding hydrogens is 208 g/mol. The second-order valence-electron chi connectivity index (χ2n) is 4.00. The van der Waals surface area contributed by atoms with Crippen molar-refractivity contribution in [2.24, 2.45) is 5.92 Å². The van der Waals surface area contributed by atoms with Crippen LogP contribution in [-0.4, -0.2) is 32.4 Å². The molecule has 1 aliphatic rings. The fourth-order valence-corrected chi connectivity index (χ4v) is 1.97. The highest BCUT2D eigenvalue weighted by molar-refractivity contribution is 5.31. The maximum absolute atomic E-state index is 11.9. The number of nitrogens with zero attached hydrogens (tertiary/aromatic N) is 4. The number of rotatable bonds is 2. The summed E-state index contributed by atoms with van der Waals surface area (Å²) < 4.78 is 8.28. The molecule has 3 heterocycles. The first-order valence-corrected chi connectivity index (χ1v) is 5.31. The van der Waals surface area contributed by atoms with Crippen LogP contribution >= 0.6 is 0 Å². The molecule has 1 aliphatic heterocycles. The molecule has 2 aromatic rings. The highest BCUT2D eigenvalue weighted by Gasteiger charge is 2.18. The maximum Gasteiger partial charge on any atom is 0.350 e. The largest absolute Gasteiger partial charge is 0.381 e. The van der Waals surface area contributed by atoms with Gasteiger partial charge in [-0.2, -0.15) is 0 Å². The van der Waals surface area contributed by atoms with E-state index in [0.29, 0.717) is 18.1 Å². The average molecular weight is 220 g/mol. The summed E-state index contributed by atoms with van der Waals surface area (Å²) in [7, 11) is 0. The number of ether oxygens (including phenoxy) is 1. The summed E-state index contributed by atoms with van der Waals surface area (Å²) in [6.45, 7) is 2.13. The molecule has 0 radical (unpaired) electrons. The Morgan fingerprint density at radius 1 is 1.56 bits per heavy atom. The van der Waals surface area contributed by atoms with Crippen molar-refractivity contribution in [2.45, 2.75) is 13.0 Å². The van der Waals surface area contributed by atoms with Crippen molar-refractivity contribution in [1.82, 2.24) is 19.2 Å². The summed E-state index contributed by atoms with van der Waals surface area (Å²) in [5.41, 5.74) is 0.482. The Morgan fingerprint density at radius 3 is 3.25 bits per heavy atom. The van der Waals surface area contributed by atoms with Crippen molar-refractivity contribution in [2.75, 3.05) is 13.2 Å². The van der Waals surface area contributed by atoms with Crippen LogP contribution in [0.15, 0.2) is 23.4 Å². The Morgan fingerprint density at radius 2 is 2.50 bits per heavy atom. The molecule has 16 heavy (non-hydrogen) atoms. The quantitative estimate of drug-likeness (QED) is 0.710. The minimum atomic E-state index is -0.107. The van der Waals surface area contributed by atoms with E-state index < -0.39 is 0 Å². The van der Waals surface area contributed by atoms with Gasteiger partial charge in [0.2, 0.25) is 0 Å². The highest BCUT2D eigenvalue weighted by Crippen LogP contribution is 2.13. The standard InChI is InChI=1S/C10H12N4O2/c15-10-13-3-2-11-5-9(13)12-14(10)6-8-1-4-16-7-8/h2-3,5,8H,1,4,6-7H2. The van der Waals surface area contributed by atoms with Crippen LogP contribution < -0.4 is 5.69 Å². The van der Waals surface area contributed by atoms with Gasteiger partial charge in [-0.05, 0) is 6.42 Å². The lowest BCUT2D eigenvalue weighted by Gasteiger charge is -2.04. The lowest BCUT2D eigenvalue weighted by Crippen LogP contribution is -2.25. The predicted molar refractivity (Wildman–Crippen MR) is 56.2 cm³/mol. The summed E-state index contributed by atoms with van der Waals surface area (Å²) in [6, 6.07) is 0. The molecule has 1 fully saturated rings. The summed E-state index contributed by atoms with van der Waals surface area (Å²) in [6.07, 6.45) is 5.80. The van der Waals surface area contributed by atoms with E-state index >= 15 is 0 Å². The van der Waals surface area contributed by atoms with Gasteiger partial charge < -0.3 is 4.74 Å². The first kappa shape index (κ1) is 9.53. The molecule has 6 heteroatoms. The van der Waals surface area contributed by atoms with E-state index in [0.717, 1.165) is 19.6 Å². The second-order valence-corrected chi connectivity index (χ2v) is 4.00. The Kier molecular flexibility index (Phi) is 2.21. The predicted octanol–water partition coefficient (Wildman–Crippen LogP) is -0.0725. The normalized spacial score (nSPS) is 20.6.